The van der Waals surface area contributed by atoms with E-state index in [-0.39, 0.29) is 17.7 Å². The van der Waals surface area contributed by atoms with Crippen molar-refractivity contribution in [2.45, 2.75) is 19.8 Å². The summed E-state index contributed by atoms with van der Waals surface area (Å²) in [7, 11) is 1.45. The molecule has 0 bridgehead atoms. The zero-order valence-electron chi connectivity index (χ0n) is 14.5. The lowest BCUT2D eigenvalue weighted by Crippen LogP contribution is -2.27. The van der Waals surface area contributed by atoms with Gasteiger partial charge in [0.05, 0.1) is 23.2 Å². The number of carbonyl (C=O) groups is 1. The second-order valence-electron chi connectivity index (χ2n) is 5.83. The summed E-state index contributed by atoms with van der Waals surface area (Å²) in [5, 5.41) is 0.639. The van der Waals surface area contributed by atoms with E-state index in [0.29, 0.717) is 27.4 Å². The maximum Gasteiger partial charge on any atom is 0.414 e. The molecule has 27 heavy (non-hydrogen) atoms. The maximum absolute atomic E-state index is 13.2. The Labute approximate surface area is 161 Å². The van der Waals surface area contributed by atoms with Crippen LogP contribution in [-0.4, -0.2) is 29.7 Å². The molecule has 1 aromatic carbocycles. The topological polar surface area (TPSA) is 76.7 Å². The number of unbranched alkanes of at least 4 members (excludes halogenated alkanes) is 1. The Balaban J connectivity index is 2.21. The van der Waals surface area contributed by atoms with Gasteiger partial charge in [0.15, 0.2) is 0 Å². The first kappa shape index (κ1) is 19.2. The van der Waals surface area contributed by atoms with Crippen molar-refractivity contribution in [3.63, 3.8) is 0 Å². The number of ether oxygens (including phenoxy) is 1. The molecule has 0 atom stereocenters. The minimum Gasteiger partial charge on any atom is -0.449 e. The molecule has 144 valence electrons. The van der Waals surface area contributed by atoms with Crippen LogP contribution in [0.25, 0.3) is 21.9 Å². The molecule has 0 radical (unpaired) electrons. The molecule has 10 heteroatoms. The van der Waals surface area contributed by atoms with Crippen LogP contribution in [0.15, 0.2) is 22.8 Å². The second kappa shape index (κ2) is 7.95. The van der Waals surface area contributed by atoms with Crippen LogP contribution >= 0.6 is 15.9 Å². The smallest absolute Gasteiger partial charge is 0.414 e. The van der Waals surface area contributed by atoms with Gasteiger partial charge in [0.2, 0.25) is 11.5 Å². The fraction of sp³-hybridized carbons (Fsp3) is 0.294. The molecule has 7 nitrogen and oxygen atoms in total. The van der Waals surface area contributed by atoms with Gasteiger partial charge in [0.1, 0.15) is 5.65 Å². The monoisotopic (exact) mass is 443 g/mol. The number of nitrogens with zero attached hydrogens (tertiary/aromatic N) is 2. The van der Waals surface area contributed by atoms with Gasteiger partial charge in [-0.1, -0.05) is 13.3 Å². The van der Waals surface area contributed by atoms with E-state index in [1.807, 2.05) is 6.92 Å². The molecule has 0 unspecified atom stereocenters. The predicted molar refractivity (Wildman–Crippen MR) is 99.4 cm³/mol. The molecule has 0 fully saturated rings. The van der Waals surface area contributed by atoms with Crippen molar-refractivity contribution in [3.05, 3.63) is 22.8 Å². The lowest BCUT2D eigenvalue weighted by Gasteiger charge is -2.19. The number of benzene rings is 1. The highest BCUT2D eigenvalue weighted by atomic mass is 79.9. The van der Waals surface area contributed by atoms with E-state index in [1.54, 1.807) is 12.3 Å². The van der Waals surface area contributed by atoms with E-state index < -0.39 is 17.6 Å². The Morgan fingerprint density at radius 1 is 1.33 bits per heavy atom. The van der Waals surface area contributed by atoms with Crippen LogP contribution < -0.4 is 14.8 Å². The molecule has 0 saturated heterocycles. The number of fused-ring (bicyclic) bond motifs is 3. The molecule has 0 aliphatic carbocycles. The minimum atomic E-state index is -0.642. The van der Waals surface area contributed by atoms with Gasteiger partial charge in [-0.3, -0.25) is 14.8 Å². The van der Waals surface area contributed by atoms with E-state index >= 15 is 0 Å². The van der Waals surface area contributed by atoms with Crippen molar-refractivity contribution in [2.24, 2.45) is 0 Å². The molecule has 2 heterocycles. The van der Waals surface area contributed by atoms with Crippen molar-refractivity contribution in [1.29, 1.82) is 0 Å². The third-order valence-corrected chi connectivity index (χ3v) is 4.54. The number of H-pyrrole nitrogens is 1. The van der Waals surface area contributed by atoms with Gasteiger partial charge < -0.3 is 9.72 Å². The number of halogens is 3. The Bertz CT molecular complexity index is 995. The molecular weight excluding hydrogens is 428 g/mol. The van der Waals surface area contributed by atoms with Crippen LogP contribution in [0.3, 0.4) is 0 Å². The first-order chi connectivity index (χ1) is 13.0. The molecule has 1 amide bonds. The van der Waals surface area contributed by atoms with Crippen molar-refractivity contribution in [1.82, 2.24) is 9.97 Å². The number of carbonyl (C=O) groups excluding carboxylic acids is 1. The largest absolute Gasteiger partial charge is 0.449 e. The lowest BCUT2D eigenvalue weighted by atomic mass is 10.1. The van der Waals surface area contributed by atoms with Crippen LogP contribution in [0.4, 0.5) is 19.5 Å². The van der Waals surface area contributed by atoms with E-state index in [9.17, 15) is 13.8 Å². The summed E-state index contributed by atoms with van der Waals surface area (Å²) in [6, 6.07) is 2.80. The Morgan fingerprint density at radius 3 is 2.78 bits per heavy atom. The lowest BCUT2D eigenvalue weighted by molar-refractivity contribution is -0.0372. The number of hydrogen-bond donors (Lipinski definition) is 1. The Kier molecular flexibility index (Phi) is 5.64. The third-order valence-electron chi connectivity index (χ3n) is 4.11. The van der Waals surface area contributed by atoms with Crippen molar-refractivity contribution >= 4 is 49.6 Å². The second-order valence-corrected chi connectivity index (χ2v) is 6.74. The number of aromatic amines is 1. The standard InChI is InChI=1S/C17H16BrF2N3O4/c1-3-4-5-25-17(24)23(2)11-7-12(26-19)15(27-20)13-10-6-9(18)8-21-16(10)22-14(11)13/h6-8H,3-5H2,1-2H3,(H,21,22). The van der Waals surface area contributed by atoms with Crippen LogP contribution in [0.5, 0.6) is 11.5 Å². The third kappa shape index (κ3) is 3.48. The summed E-state index contributed by atoms with van der Waals surface area (Å²) in [6.45, 7) is 2.22. The van der Waals surface area contributed by atoms with Crippen molar-refractivity contribution in [3.8, 4) is 11.5 Å². The van der Waals surface area contributed by atoms with Crippen LogP contribution in [-0.2, 0) is 4.74 Å². The minimum absolute atomic E-state index is 0.180. The number of hydrogen-bond acceptors (Lipinski definition) is 5. The number of pyridine rings is 1. The summed E-state index contributed by atoms with van der Waals surface area (Å²) < 4.78 is 32.1. The highest BCUT2D eigenvalue weighted by Gasteiger charge is 2.25. The van der Waals surface area contributed by atoms with E-state index in [2.05, 4.69) is 35.8 Å². The highest BCUT2D eigenvalue weighted by molar-refractivity contribution is 9.10. The van der Waals surface area contributed by atoms with Gasteiger partial charge >= 0.3 is 6.09 Å². The van der Waals surface area contributed by atoms with Crippen LogP contribution in [0.2, 0.25) is 0 Å². The van der Waals surface area contributed by atoms with Gasteiger partial charge in [-0.25, -0.2) is 9.78 Å². The quantitative estimate of drug-likeness (QED) is 0.517. The Morgan fingerprint density at radius 2 is 2.11 bits per heavy atom. The number of amides is 1. The molecule has 0 saturated carbocycles. The fourth-order valence-electron chi connectivity index (χ4n) is 2.76. The van der Waals surface area contributed by atoms with Crippen LogP contribution in [0.1, 0.15) is 19.8 Å². The Hall–Kier alpha value is -2.62. The van der Waals surface area contributed by atoms with Gasteiger partial charge in [0.25, 0.3) is 0 Å². The summed E-state index contributed by atoms with van der Waals surface area (Å²) in [4.78, 5) is 28.3. The summed E-state index contributed by atoms with van der Waals surface area (Å²) >= 11 is 3.29. The summed E-state index contributed by atoms with van der Waals surface area (Å²) in [5.41, 5.74) is 0.935. The number of nitrogens with one attached hydrogen (secondary N) is 1. The average Bonchev–Trinajstić information content (AvgIpc) is 3.04. The average molecular weight is 444 g/mol. The molecular formula is C17H16BrF2N3O4. The maximum atomic E-state index is 13.2. The highest BCUT2D eigenvalue weighted by Crippen LogP contribution is 2.45. The van der Waals surface area contributed by atoms with E-state index in [0.717, 1.165) is 12.5 Å². The first-order valence-electron chi connectivity index (χ1n) is 8.13. The molecule has 3 rings (SSSR count). The van der Waals surface area contributed by atoms with Crippen molar-refractivity contribution in [2.75, 3.05) is 18.6 Å². The molecule has 0 spiro atoms. The summed E-state index contributed by atoms with van der Waals surface area (Å²) in [5.74, 6) is -0.982. The number of aromatic nitrogens is 2. The van der Waals surface area contributed by atoms with E-state index in [1.165, 1.54) is 11.9 Å². The SMILES string of the molecule is CCCCOC(=O)N(C)c1cc(OF)c(OF)c2c1[nH]c1ncc(Br)cc12. The first-order valence-corrected chi connectivity index (χ1v) is 8.92. The summed E-state index contributed by atoms with van der Waals surface area (Å²) in [6.07, 6.45) is 2.48. The predicted octanol–water partition coefficient (Wildman–Crippen LogP) is 5.38. The molecule has 3 aromatic rings. The number of anilines is 1. The zero-order chi connectivity index (χ0) is 19.6. The van der Waals surface area contributed by atoms with Gasteiger partial charge in [-0.05, 0) is 28.4 Å². The van der Waals surface area contributed by atoms with Crippen molar-refractivity contribution < 1.29 is 28.5 Å². The van der Waals surface area contributed by atoms with Crippen LogP contribution in [0, 0.1) is 0 Å². The van der Waals surface area contributed by atoms with Gasteiger partial charge in [0, 0.05) is 38.2 Å². The molecule has 0 aliphatic heterocycles. The normalized spacial score (nSPS) is 11.0. The van der Waals surface area contributed by atoms with Gasteiger partial charge in [-0.2, -0.15) is 0 Å². The van der Waals surface area contributed by atoms with Gasteiger partial charge in [-0.15, -0.1) is 0 Å². The van der Waals surface area contributed by atoms with E-state index in [4.69, 9.17) is 4.74 Å². The fourth-order valence-corrected chi connectivity index (χ4v) is 3.09. The zero-order valence-corrected chi connectivity index (χ0v) is 16.1. The molecule has 0 aliphatic rings. The molecule has 1 N–H and O–H groups in total. The number of rotatable bonds is 6. The molecule has 2 aromatic heterocycles.